The van der Waals surface area contributed by atoms with Gasteiger partial charge in [-0.2, -0.15) is 11.8 Å². The van der Waals surface area contributed by atoms with Crippen molar-refractivity contribution < 1.29 is 9.90 Å². The van der Waals surface area contributed by atoms with Crippen LogP contribution in [0.3, 0.4) is 0 Å². The molecule has 0 spiro atoms. The minimum atomic E-state index is -0.934. The number of thioether (sulfide) groups is 1. The highest BCUT2D eigenvalue weighted by atomic mass is 32.2. The Morgan fingerprint density at radius 2 is 2.45 bits per heavy atom. The van der Waals surface area contributed by atoms with Crippen molar-refractivity contribution in [1.82, 2.24) is 0 Å². The molecule has 3 nitrogen and oxygen atoms in total. The number of hydrogen-bond acceptors (Lipinski definition) is 3. The van der Waals surface area contributed by atoms with Gasteiger partial charge in [0.05, 0.1) is 0 Å². The first-order chi connectivity index (χ1) is 5.18. The van der Waals surface area contributed by atoms with Crippen molar-refractivity contribution >= 4 is 17.7 Å². The Labute approximate surface area is 70.7 Å². The predicted octanol–water partition coefficient (Wildman–Crippen LogP) is 0.708. The minimum Gasteiger partial charge on any atom is -0.480 e. The summed E-state index contributed by atoms with van der Waals surface area (Å²) in [7, 11) is 0. The number of allylic oxidation sites excluding steroid dienone is 1. The molecule has 1 atom stereocenters. The quantitative estimate of drug-likeness (QED) is 0.461. The molecule has 0 aromatic carbocycles. The molecule has 0 heterocycles. The summed E-state index contributed by atoms with van der Waals surface area (Å²) < 4.78 is 0. The lowest BCUT2D eigenvalue weighted by Gasteiger charge is -2.03. The van der Waals surface area contributed by atoms with Gasteiger partial charge in [-0.3, -0.25) is 4.79 Å². The van der Waals surface area contributed by atoms with Crippen LogP contribution in [0, 0.1) is 0 Å². The SMILES string of the molecule is C=CCCSCC(N)C(=O)O. The minimum absolute atomic E-state index is 0.475. The molecule has 0 aliphatic rings. The zero-order valence-electron chi connectivity index (χ0n) is 6.32. The van der Waals surface area contributed by atoms with E-state index in [0.717, 1.165) is 12.2 Å². The molecule has 0 bridgehead atoms. The Bertz CT molecular complexity index is 138. The molecule has 0 aromatic heterocycles. The van der Waals surface area contributed by atoms with Crippen LogP contribution in [0.25, 0.3) is 0 Å². The largest absolute Gasteiger partial charge is 0.480 e. The third-order valence-electron chi connectivity index (χ3n) is 1.08. The van der Waals surface area contributed by atoms with Gasteiger partial charge < -0.3 is 10.8 Å². The third kappa shape index (κ3) is 5.94. The molecule has 11 heavy (non-hydrogen) atoms. The van der Waals surface area contributed by atoms with E-state index < -0.39 is 12.0 Å². The summed E-state index contributed by atoms with van der Waals surface area (Å²) >= 11 is 1.54. The van der Waals surface area contributed by atoms with Crippen LogP contribution in [0.2, 0.25) is 0 Å². The van der Waals surface area contributed by atoms with E-state index in [4.69, 9.17) is 10.8 Å². The monoisotopic (exact) mass is 175 g/mol. The number of carbonyl (C=O) groups is 1. The second-order valence-electron chi connectivity index (χ2n) is 2.10. The van der Waals surface area contributed by atoms with E-state index in [1.165, 1.54) is 11.8 Å². The van der Waals surface area contributed by atoms with Crippen molar-refractivity contribution in [2.75, 3.05) is 11.5 Å². The molecular formula is C7H13NO2S. The average Bonchev–Trinajstić information content (AvgIpc) is 1.97. The average molecular weight is 175 g/mol. The zero-order chi connectivity index (χ0) is 8.69. The molecule has 0 saturated carbocycles. The number of aliphatic carboxylic acids is 1. The predicted molar refractivity (Wildman–Crippen MR) is 47.8 cm³/mol. The highest BCUT2D eigenvalue weighted by Crippen LogP contribution is 2.03. The van der Waals surface area contributed by atoms with E-state index in [-0.39, 0.29) is 0 Å². The molecule has 0 aliphatic heterocycles. The summed E-state index contributed by atoms with van der Waals surface area (Å²) in [6.07, 6.45) is 2.70. The highest BCUT2D eigenvalue weighted by Gasteiger charge is 2.09. The lowest BCUT2D eigenvalue weighted by molar-refractivity contribution is -0.137. The lowest BCUT2D eigenvalue weighted by Crippen LogP contribution is -2.32. The van der Waals surface area contributed by atoms with Crippen molar-refractivity contribution in [3.05, 3.63) is 12.7 Å². The maximum absolute atomic E-state index is 10.2. The van der Waals surface area contributed by atoms with Crippen LogP contribution in [0.4, 0.5) is 0 Å². The Balaban J connectivity index is 3.24. The van der Waals surface area contributed by atoms with Crippen LogP contribution < -0.4 is 5.73 Å². The van der Waals surface area contributed by atoms with Crippen LogP contribution in [0.1, 0.15) is 6.42 Å². The molecule has 0 radical (unpaired) electrons. The second kappa shape index (κ2) is 6.24. The molecule has 64 valence electrons. The van der Waals surface area contributed by atoms with Gasteiger partial charge in [0.1, 0.15) is 6.04 Å². The van der Waals surface area contributed by atoms with E-state index in [1.54, 1.807) is 6.08 Å². The molecular weight excluding hydrogens is 162 g/mol. The maximum Gasteiger partial charge on any atom is 0.321 e. The Morgan fingerprint density at radius 3 is 2.91 bits per heavy atom. The molecule has 0 fully saturated rings. The van der Waals surface area contributed by atoms with Gasteiger partial charge in [0.15, 0.2) is 0 Å². The normalized spacial score (nSPS) is 12.5. The van der Waals surface area contributed by atoms with Crippen molar-refractivity contribution in [3.8, 4) is 0 Å². The van der Waals surface area contributed by atoms with Crippen LogP contribution in [0.15, 0.2) is 12.7 Å². The van der Waals surface area contributed by atoms with E-state index in [0.29, 0.717) is 5.75 Å². The van der Waals surface area contributed by atoms with Gasteiger partial charge in [0, 0.05) is 5.75 Å². The van der Waals surface area contributed by atoms with Crippen molar-refractivity contribution in [2.45, 2.75) is 12.5 Å². The zero-order valence-corrected chi connectivity index (χ0v) is 7.14. The second-order valence-corrected chi connectivity index (χ2v) is 3.25. The van der Waals surface area contributed by atoms with Gasteiger partial charge in [-0.25, -0.2) is 0 Å². The van der Waals surface area contributed by atoms with Crippen molar-refractivity contribution in [3.63, 3.8) is 0 Å². The lowest BCUT2D eigenvalue weighted by atomic mass is 10.4. The highest BCUT2D eigenvalue weighted by molar-refractivity contribution is 7.99. The van der Waals surface area contributed by atoms with Crippen molar-refractivity contribution in [1.29, 1.82) is 0 Å². The summed E-state index contributed by atoms with van der Waals surface area (Å²) in [5.74, 6) is 0.435. The Hall–Kier alpha value is -0.480. The summed E-state index contributed by atoms with van der Waals surface area (Å²) in [5.41, 5.74) is 5.25. The van der Waals surface area contributed by atoms with Crippen LogP contribution in [-0.2, 0) is 4.79 Å². The molecule has 0 rings (SSSR count). The first-order valence-corrected chi connectivity index (χ1v) is 4.51. The van der Waals surface area contributed by atoms with Crippen LogP contribution in [-0.4, -0.2) is 28.6 Å². The van der Waals surface area contributed by atoms with Crippen molar-refractivity contribution in [2.24, 2.45) is 5.73 Å². The van der Waals surface area contributed by atoms with Gasteiger partial charge >= 0.3 is 5.97 Å². The fraction of sp³-hybridized carbons (Fsp3) is 0.571. The van der Waals surface area contributed by atoms with Gasteiger partial charge in [0.2, 0.25) is 0 Å². The standard InChI is InChI=1S/C7H13NO2S/c1-2-3-4-11-5-6(8)7(9)10/h2,6H,1,3-5,8H2,(H,9,10). The molecule has 0 saturated heterocycles. The fourth-order valence-electron chi connectivity index (χ4n) is 0.448. The maximum atomic E-state index is 10.2. The van der Waals surface area contributed by atoms with Gasteiger partial charge in [-0.15, -0.1) is 6.58 Å². The number of carboxylic acids is 1. The Morgan fingerprint density at radius 1 is 1.82 bits per heavy atom. The summed E-state index contributed by atoms with van der Waals surface area (Å²) in [4.78, 5) is 10.2. The van der Waals surface area contributed by atoms with Gasteiger partial charge in [0.25, 0.3) is 0 Å². The first-order valence-electron chi connectivity index (χ1n) is 3.35. The van der Waals surface area contributed by atoms with Crippen LogP contribution in [0.5, 0.6) is 0 Å². The number of rotatable bonds is 6. The summed E-state index contributed by atoms with van der Waals surface area (Å²) in [6.45, 7) is 3.55. The summed E-state index contributed by atoms with van der Waals surface area (Å²) in [5, 5.41) is 8.38. The van der Waals surface area contributed by atoms with E-state index >= 15 is 0 Å². The number of carboxylic acid groups (broad SMARTS) is 1. The van der Waals surface area contributed by atoms with Gasteiger partial charge in [-0.05, 0) is 12.2 Å². The summed E-state index contributed by atoms with van der Waals surface area (Å²) in [6, 6.07) is -0.732. The van der Waals surface area contributed by atoms with Gasteiger partial charge in [-0.1, -0.05) is 6.08 Å². The number of hydrogen-bond donors (Lipinski definition) is 2. The third-order valence-corrected chi connectivity index (χ3v) is 2.20. The molecule has 0 aromatic rings. The van der Waals surface area contributed by atoms with E-state index in [9.17, 15) is 4.79 Å². The van der Waals surface area contributed by atoms with Crippen LogP contribution >= 0.6 is 11.8 Å². The molecule has 1 unspecified atom stereocenters. The van der Waals surface area contributed by atoms with E-state index in [2.05, 4.69) is 6.58 Å². The first kappa shape index (κ1) is 10.5. The van der Waals surface area contributed by atoms with E-state index in [1.807, 2.05) is 0 Å². The fourth-order valence-corrected chi connectivity index (χ4v) is 1.34. The topological polar surface area (TPSA) is 63.3 Å². The smallest absolute Gasteiger partial charge is 0.321 e. The Kier molecular flexibility index (Phi) is 5.97. The molecule has 0 amide bonds. The molecule has 0 aliphatic carbocycles. The molecule has 3 N–H and O–H groups in total. The molecule has 4 heteroatoms. The number of nitrogens with two attached hydrogens (primary N) is 1.